The number of hydrogen-bond donors (Lipinski definition) is 2. The Kier molecular flexibility index (Phi) is 3.69. The average molecular weight is 260 g/mol. The van der Waals surface area contributed by atoms with E-state index in [4.69, 9.17) is 4.74 Å². The molecule has 0 aliphatic carbocycles. The minimum absolute atomic E-state index is 0.0631. The summed E-state index contributed by atoms with van der Waals surface area (Å²) in [5.41, 5.74) is 1.02. The van der Waals surface area contributed by atoms with Crippen molar-refractivity contribution in [3.63, 3.8) is 0 Å². The van der Waals surface area contributed by atoms with Crippen molar-refractivity contribution >= 4 is 5.91 Å². The first-order valence-electron chi connectivity index (χ1n) is 7.07. The molecule has 1 aromatic rings. The van der Waals surface area contributed by atoms with Gasteiger partial charge in [-0.1, -0.05) is 18.2 Å². The van der Waals surface area contributed by atoms with Gasteiger partial charge in [0.05, 0.1) is 12.5 Å². The predicted molar refractivity (Wildman–Crippen MR) is 73.3 cm³/mol. The molecule has 4 heteroatoms. The Balaban J connectivity index is 1.70. The Morgan fingerprint density at radius 3 is 3.05 bits per heavy atom. The van der Waals surface area contributed by atoms with Gasteiger partial charge in [-0.25, -0.2) is 0 Å². The van der Waals surface area contributed by atoms with E-state index < -0.39 is 0 Å². The van der Waals surface area contributed by atoms with Crippen LogP contribution < -0.4 is 15.4 Å². The van der Waals surface area contributed by atoms with Crippen LogP contribution in [-0.2, 0) is 4.79 Å². The maximum atomic E-state index is 12.4. The molecule has 2 atom stereocenters. The largest absolute Gasteiger partial charge is 0.493 e. The van der Waals surface area contributed by atoms with E-state index >= 15 is 0 Å². The van der Waals surface area contributed by atoms with Crippen molar-refractivity contribution < 1.29 is 9.53 Å². The molecule has 1 amide bonds. The van der Waals surface area contributed by atoms with E-state index in [-0.39, 0.29) is 17.9 Å². The Morgan fingerprint density at radius 1 is 1.32 bits per heavy atom. The SMILES string of the molecule is O=C(N[C@H]1CCCNC1)C1CCOc2ccccc21. The molecular weight excluding hydrogens is 240 g/mol. The number of amides is 1. The molecule has 2 N–H and O–H groups in total. The van der Waals surface area contributed by atoms with Crippen molar-refractivity contribution in [3.8, 4) is 5.75 Å². The summed E-state index contributed by atoms with van der Waals surface area (Å²) in [6.07, 6.45) is 2.97. The van der Waals surface area contributed by atoms with Crippen LogP contribution in [0.15, 0.2) is 24.3 Å². The molecule has 3 rings (SSSR count). The highest BCUT2D eigenvalue weighted by Gasteiger charge is 2.28. The number of carbonyl (C=O) groups is 1. The van der Waals surface area contributed by atoms with Gasteiger partial charge < -0.3 is 15.4 Å². The number of nitrogens with one attached hydrogen (secondary N) is 2. The number of fused-ring (bicyclic) bond motifs is 1. The maximum Gasteiger partial charge on any atom is 0.228 e. The third-order valence-electron chi connectivity index (χ3n) is 3.92. The van der Waals surface area contributed by atoms with E-state index in [1.165, 1.54) is 0 Å². The maximum absolute atomic E-state index is 12.4. The van der Waals surface area contributed by atoms with Crippen LogP contribution in [0, 0.1) is 0 Å². The molecule has 0 spiro atoms. The molecule has 0 aromatic heterocycles. The van der Waals surface area contributed by atoms with E-state index in [0.29, 0.717) is 6.61 Å². The highest BCUT2D eigenvalue weighted by atomic mass is 16.5. The van der Waals surface area contributed by atoms with Crippen LogP contribution in [0.1, 0.15) is 30.7 Å². The molecule has 2 heterocycles. The molecule has 1 fully saturated rings. The lowest BCUT2D eigenvalue weighted by molar-refractivity contribution is -0.124. The van der Waals surface area contributed by atoms with Crippen LogP contribution in [0.5, 0.6) is 5.75 Å². The fraction of sp³-hybridized carbons (Fsp3) is 0.533. The Hall–Kier alpha value is -1.55. The smallest absolute Gasteiger partial charge is 0.228 e. The summed E-state index contributed by atoms with van der Waals surface area (Å²) in [6.45, 7) is 2.57. The van der Waals surface area contributed by atoms with Crippen molar-refractivity contribution in [2.24, 2.45) is 0 Å². The zero-order valence-electron chi connectivity index (χ0n) is 11.0. The summed E-state index contributed by atoms with van der Waals surface area (Å²) in [4.78, 5) is 12.4. The summed E-state index contributed by atoms with van der Waals surface area (Å²) in [6, 6.07) is 8.13. The Morgan fingerprint density at radius 2 is 2.21 bits per heavy atom. The van der Waals surface area contributed by atoms with Crippen molar-refractivity contribution in [1.82, 2.24) is 10.6 Å². The summed E-state index contributed by atoms with van der Waals surface area (Å²) >= 11 is 0. The molecule has 1 unspecified atom stereocenters. The number of piperidine rings is 1. The second-order valence-corrected chi connectivity index (χ2v) is 5.28. The van der Waals surface area contributed by atoms with Gasteiger partial charge in [0.25, 0.3) is 0 Å². The number of benzene rings is 1. The van der Waals surface area contributed by atoms with Crippen molar-refractivity contribution in [2.45, 2.75) is 31.2 Å². The molecular formula is C15H20N2O2. The summed E-state index contributed by atoms with van der Waals surface area (Å²) in [7, 11) is 0. The van der Waals surface area contributed by atoms with E-state index in [2.05, 4.69) is 10.6 Å². The van der Waals surface area contributed by atoms with E-state index in [1.807, 2.05) is 24.3 Å². The van der Waals surface area contributed by atoms with Gasteiger partial charge >= 0.3 is 0 Å². The number of carbonyl (C=O) groups excluding carboxylic acids is 1. The third kappa shape index (κ3) is 2.73. The normalized spacial score (nSPS) is 26.1. The van der Waals surface area contributed by atoms with E-state index in [1.54, 1.807) is 0 Å². The fourth-order valence-corrected chi connectivity index (χ4v) is 2.89. The molecule has 2 aliphatic heterocycles. The number of para-hydroxylation sites is 1. The molecule has 2 aliphatic rings. The molecule has 0 bridgehead atoms. The van der Waals surface area contributed by atoms with Gasteiger partial charge in [0, 0.05) is 18.2 Å². The highest BCUT2D eigenvalue weighted by molar-refractivity contribution is 5.85. The first-order valence-corrected chi connectivity index (χ1v) is 7.07. The summed E-state index contributed by atoms with van der Waals surface area (Å²) < 4.78 is 5.60. The van der Waals surface area contributed by atoms with Crippen molar-refractivity contribution in [3.05, 3.63) is 29.8 Å². The van der Waals surface area contributed by atoms with Gasteiger partial charge in [-0.05, 0) is 31.9 Å². The molecule has 0 radical (unpaired) electrons. The molecule has 19 heavy (non-hydrogen) atoms. The van der Waals surface area contributed by atoms with Crippen LogP contribution in [0.4, 0.5) is 0 Å². The molecule has 102 valence electrons. The number of ether oxygens (including phenoxy) is 1. The van der Waals surface area contributed by atoms with Gasteiger partial charge in [-0.15, -0.1) is 0 Å². The minimum Gasteiger partial charge on any atom is -0.493 e. The first kappa shape index (κ1) is 12.5. The molecule has 1 saturated heterocycles. The first-order chi connectivity index (χ1) is 9.34. The summed E-state index contributed by atoms with van der Waals surface area (Å²) in [5.74, 6) is 0.937. The lowest BCUT2D eigenvalue weighted by Crippen LogP contribution is -2.47. The van der Waals surface area contributed by atoms with Gasteiger partial charge in [0.2, 0.25) is 5.91 Å². The highest BCUT2D eigenvalue weighted by Crippen LogP contribution is 2.33. The van der Waals surface area contributed by atoms with Crippen LogP contribution in [0.3, 0.4) is 0 Å². The zero-order valence-corrected chi connectivity index (χ0v) is 11.0. The Labute approximate surface area is 113 Å². The zero-order chi connectivity index (χ0) is 13.1. The number of rotatable bonds is 2. The topological polar surface area (TPSA) is 50.4 Å². The predicted octanol–water partition coefficient (Wildman–Crippen LogP) is 1.42. The second kappa shape index (κ2) is 5.61. The van der Waals surface area contributed by atoms with Gasteiger partial charge in [0.15, 0.2) is 0 Å². The van der Waals surface area contributed by atoms with Crippen molar-refractivity contribution in [2.75, 3.05) is 19.7 Å². The minimum atomic E-state index is -0.0631. The number of hydrogen-bond acceptors (Lipinski definition) is 3. The second-order valence-electron chi connectivity index (χ2n) is 5.28. The van der Waals surface area contributed by atoms with Crippen LogP contribution >= 0.6 is 0 Å². The van der Waals surface area contributed by atoms with Crippen LogP contribution in [-0.4, -0.2) is 31.6 Å². The lowest BCUT2D eigenvalue weighted by atomic mass is 9.92. The van der Waals surface area contributed by atoms with E-state index in [0.717, 1.165) is 43.7 Å². The van der Waals surface area contributed by atoms with E-state index in [9.17, 15) is 4.79 Å². The van der Waals surface area contributed by atoms with Crippen LogP contribution in [0.2, 0.25) is 0 Å². The quantitative estimate of drug-likeness (QED) is 0.845. The standard InChI is InChI=1S/C15H20N2O2/c18-15(17-11-4-3-8-16-10-11)13-7-9-19-14-6-2-1-5-12(13)14/h1-2,5-6,11,13,16H,3-4,7-10H2,(H,17,18)/t11-,13?/m0/s1. The summed E-state index contributed by atoms with van der Waals surface area (Å²) in [5, 5.41) is 6.50. The van der Waals surface area contributed by atoms with Crippen LogP contribution in [0.25, 0.3) is 0 Å². The average Bonchev–Trinajstić information content (AvgIpc) is 2.47. The monoisotopic (exact) mass is 260 g/mol. The fourth-order valence-electron chi connectivity index (χ4n) is 2.89. The Bertz CT molecular complexity index is 455. The van der Waals surface area contributed by atoms with Gasteiger partial charge in [0.1, 0.15) is 5.75 Å². The molecule has 1 aromatic carbocycles. The molecule has 0 saturated carbocycles. The van der Waals surface area contributed by atoms with Crippen molar-refractivity contribution in [1.29, 1.82) is 0 Å². The van der Waals surface area contributed by atoms with Gasteiger partial charge in [-0.2, -0.15) is 0 Å². The third-order valence-corrected chi connectivity index (χ3v) is 3.92. The lowest BCUT2D eigenvalue weighted by Gasteiger charge is -2.29. The molecule has 4 nitrogen and oxygen atoms in total. The van der Waals surface area contributed by atoms with Gasteiger partial charge in [-0.3, -0.25) is 4.79 Å².